The minimum atomic E-state index is -1.44. The van der Waals surface area contributed by atoms with Gasteiger partial charge in [0.1, 0.15) is 22.8 Å². The first-order chi connectivity index (χ1) is 15.4. The molecule has 2 aromatic heterocycles. The van der Waals surface area contributed by atoms with Gasteiger partial charge in [-0.2, -0.15) is 0 Å². The molecule has 0 aliphatic carbocycles. The minimum Gasteiger partial charge on any atom is -0.507 e. The Morgan fingerprint density at radius 1 is 1.06 bits per heavy atom. The first-order valence-corrected chi connectivity index (χ1v) is 10.2. The number of H-pyrrole nitrogens is 1. The fraction of sp³-hybridized carbons (Fsp3) is 0.120. The third-order valence-corrected chi connectivity index (χ3v) is 5.40. The van der Waals surface area contributed by atoms with Crippen LogP contribution in [0.25, 0.3) is 44.7 Å². The van der Waals surface area contributed by atoms with Gasteiger partial charge in [-0.3, -0.25) is 0 Å². The number of aromatic hydroxyl groups is 1. The summed E-state index contributed by atoms with van der Waals surface area (Å²) in [6.07, 6.45) is -1.44. The Labute approximate surface area is 182 Å². The number of benzene rings is 3. The number of aromatic amines is 1. The van der Waals surface area contributed by atoms with Gasteiger partial charge in [0.25, 0.3) is 0 Å². The van der Waals surface area contributed by atoms with Crippen molar-refractivity contribution in [1.82, 2.24) is 9.97 Å². The summed E-state index contributed by atoms with van der Waals surface area (Å²) in [5.41, 5.74) is 3.50. The maximum atomic E-state index is 10.8. The molecule has 0 amide bonds. The summed E-state index contributed by atoms with van der Waals surface area (Å²) >= 11 is 0. The maximum Gasteiger partial charge on any atom is 0.511 e. The van der Waals surface area contributed by atoms with E-state index in [0.29, 0.717) is 33.8 Å². The predicted octanol–water partition coefficient (Wildman–Crippen LogP) is 6.53. The average molecular weight is 428 g/mol. The molecule has 0 saturated heterocycles. The summed E-state index contributed by atoms with van der Waals surface area (Å²) in [6.45, 7) is 4.30. The van der Waals surface area contributed by atoms with Crippen molar-refractivity contribution in [2.75, 3.05) is 0 Å². The third kappa shape index (κ3) is 3.43. The molecular weight excluding hydrogens is 408 g/mol. The average Bonchev–Trinajstić information content (AvgIpc) is 3.40. The maximum absolute atomic E-state index is 10.8. The van der Waals surface area contributed by atoms with E-state index < -0.39 is 6.16 Å². The van der Waals surface area contributed by atoms with Crippen LogP contribution in [0.15, 0.2) is 65.1 Å². The van der Waals surface area contributed by atoms with E-state index in [1.54, 1.807) is 12.1 Å². The highest BCUT2D eigenvalue weighted by molar-refractivity contribution is 6.08. The van der Waals surface area contributed by atoms with Crippen LogP contribution in [0, 0.1) is 0 Å². The Morgan fingerprint density at radius 2 is 1.88 bits per heavy atom. The van der Waals surface area contributed by atoms with Crippen LogP contribution in [0.3, 0.4) is 0 Å². The van der Waals surface area contributed by atoms with Crippen molar-refractivity contribution in [2.45, 2.75) is 19.8 Å². The zero-order valence-corrected chi connectivity index (χ0v) is 17.4. The summed E-state index contributed by atoms with van der Waals surface area (Å²) in [4.78, 5) is 18.7. The number of nitrogens with one attached hydrogen (secondary N) is 1. The van der Waals surface area contributed by atoms with Crippen LogP contribution in [0.4, 0.5) is 4.79 Å². The molecule has 5 rings (SSSR count). The fourth-order valence-electron chi connectivity index (χ4n) is 3.83. The largest absolute Gasteiger partial charge is 0.511 e. The summed E-state index contributed by atoms with van der Waals surface area (Å²) in [5, 5.41) is 20.4. The van der Waals surface area contributed by atoms with Crippen molar-refractivity contribution in [3.8, 4) is 34.4 Å². The number of hydrogen-bond acceptors (Lipinski definition) is 5. The lowest BCUT2D eigenvalue weighted by Crippen LogP contribution is -2.02. The highest BCUT2D eigenvalue weighted by Crippen LogP contribution is 2.37. The van der Waals surface area contributed by atoms with E-state index in [1.807, 2.05) is 30.3 Å². The second kappa shape index (κ2) is 7.46. The van der Waals surface area contributed by atoms with Crippen molar-refractivity contribution >= 4 is 28.0 Å². The molecule has 0 aliphatic rings. The first kappa shape index (κ1) is 19.7. The van der Waals surface area contributed by atoms with Gasteiger partial charge in [-0.1, -0.05) is 38.1 Å². The van der Waals surface area contributed by atoms with Crippen LogP contribution >= 0.6 is 0 Å². The molecule has 3 aromatic carbocycles. The van der Waals surface area contributed by atoms with Crippen LogP contribution in [-0.2, 0) is 0 Å². The van der Waals surface area contributed by atoms with Crippen molar-refractivity contribution < 1.29 is 24.2 Å². The van der Waals surface area contributed by atoms with E-state index in [2.05, 4.69) is 40.7 Å². The van der Waals surface area contributed by atoms with Gasteiger partial charge in [0.15, 0.2) is 11.6 Å². The Morgan fingerprint density at radius 3 is 2.66 bits per heavy atom. The SMILES string of the molecule is CC(C)c1cccc(-c2ccc(-c3nc4c(ccc5cc(OC(=O)O)cc(O)c54)[nH]3)o2)c1. The van der Waals surface area contributed by atoms with Crippen molar-refractivity contribution in [1.29, 1.82) is 0 Å². The second-order valence-corrected chi connectivity index (χ2v) is 7.90. The second-order valence-electron chi connectivity index (χ2n) is 7.90. The molecule has 0 radical (unpaired) electrons. The number of carbonyl (C=O) groups is 1. The topological polar surface area (TPSA) is 109 Å². The number of rotatable bonds is 4. The van der Waals surface area contributed by atoms with E-state index in [4.69, 9.17) is 9.52 Å². The van der Waals surface area contributed by atoms with Gasteiger partial charge in [0.05, 0.1) is 10.9 Å². The molecule has 7 heteroatoms. The molecule has 3 N–H and O–H groups in total. The van der Waals surface area contributed by atoms with Crippen LogP contribution in [-0.4, -0.2) is 26.3 Å². The Balaban J connectivity index is 1.56. The van der Waals surface area contributed by atoms with E-state index >= 15 is 0 Å². The van der Waals surface area contributed by atoms with Crippen LogP contribution in [0.2, 0.25) is 0 Å². The number of aromatic nitrogens is 2. The van der Waals surface area contributed by atoms with Crippen molar-refractivity contribution in [2.24, 2.45) is 0 Å². The highest BCUT2D eigenvalue weighted by Gasteiger charge is 2.16. The van der Waals surface area contributed by atoms with Gasteiger partial charge >= 0.3 is 6.16 Å². The summed E-state index contributed by atoms with van der Waals surface area (Å²) in [6, 6.07) is 18.4. The molecule has 0 unspecified atom stereocenters. The molecule has 0 saturated carbocycles. The van der Waals surface area contributed by atoms with Gasteiger partial charge in [0, 0.05) is 11.6 Å². The quantitative estimate of drug-likeness (QED) is 0.222. The lowest BCUT2D eigenvalue weighted by Gasteiger charge is -2.06. The number of phenols is 1. The number of nitrogens with zero attached hydrogens (tertiary/aromatic N) is 1. The Hall–Kier alpha value is -4.26. The molecule has 0 fully saturated rings. The Bertz CT molecular complexity index is 1480. The zero-order valence-electron chi connectivity index (χ0n) is 17.4. The van der Waals surface area contributed by atoms with E-state index in [9.17, 15) is 9.90 Å². The molecule has 2 heterocycles. The summed E-state index contributed by atoms with van der Waals surface area (Å²) < 4.78 is 10.8. The van der Waals surface area contributed by atoms with Gasteiger partial charge in [-0.15, -0.1) is 0 Å². The van der Waals surface area contributed by atoms with Crippen molar-refractivity contribution in [3.05, 3.63) is 66.2 Å². The molecule has 160 valence electrons. The van der Waals surface area contributed by atoms with E-state index in [1.165, 1.54) is 11.6 Å². The molecule has 7 nitrogen and oxygen atoms in total. The Kier molecular flexibility index (Phi) is 4.59. The number of phenolic OH excluding ortho intramolecular Hbond substituents is 1. The molecule has 0 bridgehead atoms. The molecule has 0 atom stereocenters. The zero-order chi connectivity index (χ0) is 22.4. The summed E-state index contributed by atoms with van der Waals surface area (Å²) in [5.74, 6) is 2.19. The van der Waals surface area contributed by atoms with Crippen LogP contribution in [0.1, 0.15) is 25.3 Å². The van der Waals surface area contributed by atoms with Gasteiger partial charge in [-0.25, -0.2) is 9.78 Å². The number of fused-ring (bicyclic) bond motifs is 3. The predicted molar refractivity (Wildman–Crippen MR) is 121 cm³/mol. The number of imidazole rings is 1. The molecule has 0 aliphatic heterocycles. The number of carboxylic acid groups (broad SMARTS) is 1. The van der Waals surface area contributed by atoms with Crippen LogP contribution < -0.4 is 4.74 Å². The van der Waals surface area contributed by atoms with Crippen LogP contribution in [0.5, 0.6) is 11.5 Å². The van der Waals surface area contributed by atoms with Gasteiger partial charge < -0.3 is 24.4 Å². The molecule has 5 aromatic rings. The number of furan rings is 1. The lowest BCUT2D eigenvalue weighted by molar-refractivity contribution is 0.144. The molecule has 32 heavy (non-hydrogen) atoms. The number of ether oxygens (including phenoxy) is 1. The normalized spacial score (nSPS) is 11.5. The minimum absolute atomic E-state index is 0.0388. The van der Waals surface area contributed by atoms with Gasteiger partial charge in [0.2, 0.25) is 0 Å². The monoisotopic (exact) mass is 428 g/mol. The first-order valence-electron chi connectivity index (χ1n) is 10.2. The van der Waals surface area contributed by atoms with E-state index in [0.717, 1.165) is 16.8 Å². The fourth-order valence-corrected chi connectivity index (χ4v) is 3.83. The summed E-state index contributed by atoms with van der Waals surface area (Å²) in [7, 11) is 0. The van der Waals surface area contributed by atoms with Gasteiger partial charge in [-0.05, 0) is 47.2 Å². The third-order valence-electron chi connectivity index (χ3n) is 5.40. The standard InChI is InChI=1S/C25H20N2O5/c1-13(2)14-4-3-5-15(10-14)20-8-9-21(32-20)24-26-18-7-6-16-11-17(31-25(29)30)12-19(28)22(16)23(18)27-24/h3-13,28H,1-2H3,(H,26,27)(H,29,30). The highest BCUT2D eigenvalue weighted by atomic mass is 16.7. The number of hydrogen-bond donors (Lipinski definition) is 3. The molecular formula is C25H20N2O5. The lowest BCUT2D eigenvalue weighted by atomic mass is 10.0. The van der Waals surface area contributed by atoms with E-state index in [-0.39, 0.29) is 11.5 Å². The molecule has 0 spiro atoms. The smallest absolute Gasteiger partial charge is 0.507 e. The van der Waals surface area contributed by atoms with Crippen molar-refractivity contribution in [3.63, 3.8) is 0 Å².